The highest BCUT2D eigenvalue weighted by atomic mass is 16.2. The second kappa shape index (κ2) is 5.07. The van der Waals surface area contributed by atoms with Crippen molar-refractivity contribution in [1.29, 1.82) is 0 Å². The molecule has 1 unspecified atom stereocenters. The van der Waals surface area contributed by atoms with Crippen LogP contribution < -0.4 is 0 Å². The van der Waals surface area contributed by atoms with Crippen molar-refractivity contribution in [2.75, 3.05) is 6.54 Å². The number of aromatic nitrogens is 4. The summed E-state index contributed by atoms with van der Waals surface area (Å²) in [5.41, 5.74) is -0.621. The minimum atomic E-state index is -0.621. The van der Waals surface area contributed by atoms with E-state index in [-0.39, 0.29) is 11.8 Å². The van der Waals surface area contributed by atoms with Gasteiger partial charge >= 0.3 is 0 Å². The van der Waals surface area contributed by atoms with Gasteiger partial charge in [0.15, 0.2) is 5.82 Å². The zero-order valence-corrected chi connectivity index (χ0v) is 11.5. The van der Waals surface area contributed by atoms with E-state index < -0.39 is 11.3 Å². The lowest BCUT2D eigenvalue weighted by atomic mass is 9.84. The molecule has 1 aromatic heterocycles. The van der Waals surface area contributed by atoms with Crippen molar-refractivity contribution in [3.63, 3.8) is 0 Å². The van der Waals surface area contributed by atoms with E-state index in [1.807, 2.05) is 6.92 Å². The van der Waals surface area contributed by atoms with E-state index in [0.717, 1.165) is 12.8 Å². The van der Waals surface area contributed by atoms with Gasteiger partial charge in [-0.25, -0.2) is 5.10 Å². The summed E-state index contributed by atoms with van der Waals surface area (Å²) in [6, 6.07) is -0.209. The second-order valence-electron chi connectivity index (χ2n) is 5.51. The lowest BCUT2D eigenvalue weighted by molar-refractivity contribution is -0.150. The Hall–Kier alpha value is -1.79. The quantitative estimate of drug-likeness (QED) is 0.815. The van der Waals surface area contributed by atoms with Crippen molar-refractivity contribution in [2.45, 2.75) is 46.1 Å². The average Bonchev–Trinajstić information content (AvgIpc) is 3.06. The Morgan fingerprint density at radius 2 is 2.21 bits per heavy atom. The number of likely N-dealkylation sites (tertiary alicyclic amines) is 1. The lowest BCUT2D eigenvalue weighted by Crippen LogP contribution is -2.42. The maximum Gasteiger partial charge on any atom is 0.291 e. The van der Waals surface area contributed by atoms with Crippen LogP contribution in [0.15, 0.2) is 0 Å². The van der Waals surface area contributed by atoms with Gasteiger partial charge in [0, 0.05) is 12.0 Å². The van der Waals surface area contributed by atoms with Crippen LogP contribution in [0.3, 0.4) is 0 Å². The summed E-state index contributed by atoms with van der Waals surface area (Å²) < 4.78 is 0. The second-order valence-corrected chi connectivity index (χ2v) is 5.51. The number of Topliss-reactive ketones (excluding diaryl/α,β-unsaturated/α-hetero) is 1. The molecule has 2 heterocycles. The van der Waals surface area contributed by atoms with Crippen LogP contribution in [0, 0.1) is 5.41 Å². The largest absolute Gasteiger partial charge is 0.326 e. The first-order valence-electron chi connectivity index (χ1n) is 6.56. The van der Waals surface area contributed by atoms with Crippen molar-refractivity contribution in [1.82, 2.24) is 25.5 Å². The van der Waals surface area contributed by atoms with Gasteiger partial charge < -0.3 is 4.90 Å². The SMILES string of the molecule is CCC(C)(C)C(=O)C(=O)N1CCCC1c1nnn[nH]1. The zero-order valence-electron chi connectivity index (χ0n) is 11.5. The first kappa shape index (κ1) is 13.6. The molecule has 7 heteroatoms. The smallest absolute Gasteiger partial charge is 0.291 e. The fourth-order valence-electron chi connectivity index (χ4n) is 2.18. The molecule has 2 rings (SSSR count). The van der Waals surface area contributed by atoms with Crippen molar-refractivity contribution in [3.05, 3.63) is 5.82 Å². The molecule has 1 atom stereocenters. The number of nitrogens with one attached hydrogen (secondary N) is 1. The van der Waals surface area contributed by atoms with E-state index >= 15 is 0 Å². The van der Waals surface area contributed by atoms with Crippen LogP contribution in [-0.4, -0.2) is 43.8 Å². The van der Waals surface area contributed by atoms with Crippen LogP contribution in [0.25, 0.3) is 0 Å². The van der Waals surface area contributed by atoms with Gasteiger partial charge in [-0.1, -0.05) is 20.8 Å². The third kappa shape index (κ3) is 2.50. The Kier molecular flexibility index (Phi) is 3.64. The maximum absolute atomic E-state index is 12.4. The highest BCUT2D eigenvalue weighted by molar-refractivity contribution is 6.38. The topological polar surface area (TPSA) is 91.8 Å². The van der Waals surface area contributed by atoms with E-state index in [4.69, 9.17) is 0 Å². The van der Waals surface area contributed by atoms with E-state index in [0.29, 0.717) is 18.8 Å². The number of hydrogen-bond donors (Lipinski definition) is 1. The molecule has 0 radical (unpaired) electrons. The van der Waals surface area contributed by atoms with Crippen LogP contribution in [0.5, 0.6) is 0 Å². The van der Waals surface area contributed by atoms with E-state index in [9.17, 15) is 9.59 Å². The van der Waals surface area contributed by atoms with Crippen LogP contribution >= 0.6 is 0 Å². The third-order valence-corrected chi connectivity index (χ3v) is 3.88. The molecule has 0 spiro atoms. The number of aromatic amines is 1. The molecule has 104 valence electrons. The molecule has 1 N–H and O–H groups in total. The fourth-order valence-corrected chi connectivity index (χ4v) is 2.18. The molecule has 1 fully saturated rings. The lowest BCUT2D eigenvalue weighted by Gasteiger charge is -2.27. The van der Waals surface area contributed by atoms with Gasteiger partial charge in [-0.15, -0.1) is 5.10 Å². The number of tetrazole rings is 1. The van der Waals surface area contributed by atoms with Crippen LogP contribution in [-0.2, 0) is 9.59 Å². The Bertz CT molecular complexity index is 468. The van der Waals surface area contributed by atoms with Gasteiger partial charge in [0.25, 0.3) is 5.91 Å². The van der Waals surface area contributed by atoms with Crippen molar-refractivity contribution in [3.8, 4) is 0 Å². The van der Waals surface area contributed by atoms with E-state index in [1.54, 1.807) is 18.7 Å². The van der Waals surface area contributed by atoms with Gasteiger partial charge in [-0.2, -0.15) is 0 Å². The summed E-state index contributed by atoms with van der Waals surface area (Å²) >= 11 is 0. The normalized spacial score (nSPS) is 19.7. The molecule has 7 nitrogen and oxygen atoms in total. The highest BCUT2D eigenvalue weighted by Crippen LogP contribution is 2.31. The van der Waals surface area contributed by atoms with Gasteiger partial charge in [0.2, 0.25) is 5.78 Å². The molecule has 1 aliphatic rings. The minimum Gasteiger partial charge on any atom is -0.326 e. The molecule has 0 saturated carbocycles. The summed E-state index contributed by atoms with van der Waals surface area (Å²) in [4.78, 5) is 26.2. The van der Waals surface area contributed by atoms with Crippen molar-refractivity contribution in [2.24, 2.45) is 5.41 Å². The molecule has 1 saturated heterocycles. The van der Waals surface area contributed by atoms with Crippen molar-refractivity contribution >= 4 is 11.7 Å². The molecule has 1 aromatic rings. The number of carbonyl (C=O) groups excluding carboxylic acids is 2. The molecular weight excluding hydrogens is 246 g/mol. The standard InChI is InChI=1S/C12H19N5O2/c1-4-12(2,3)9(18)11(19)17-7-5-6-8(17)10-13-15-16-14-10/h8H,4-7H2,1-3H3,(H,13,14,15,16). The number of amides is 1. The first-order valence-corrected chi connectivity index (χ1v) is 6.56. The summed E-state index contributed by atoms with van der Waals surface area (Å²) in [5, 5.41) is 13.6. The number of nitrogens with zero attached hydrogens (tertiary/aromatic N) is 4. The number of H-pyrrole nitrogens is 1. The van der Waals surface area contributed by atoms with Gasteiger partial charge in [0.05, 0.1) is 6.04 Å². The van der Waals surface area contributed by atoms with Gasteiger partial charge in [0.1, 0.15) is 0 Å². The van der Waals surface area contributed by atoms with E-state index in [2.05, 4.69) is 20.6 Å². The Labute approximate surface area is 111 Å². The average molecular weight is 265 g/mol. The zero-order chi connectivity index (χ0) is 14.0. The maximum atomic E-state index is 12.4. The van der Waals surface area contributed by atoms with Crippen LogP contribution in [0.2, 0.25) is 0 Å². The molecule has 1 aliphatic heterocycles. The number of carbonyl (C=O) groups is 2. The summed E-state index contributed by atoms with van der Waals surface area (Å²) in [6.45, 7) is 6.09. The number of rotatable bonds is 4. The van der Waals surface area contributed by atoms with Gasteiger partial charge in [-0.05, 0) is 29.7 Å². The first-order chi connectivity index (χ1) is 8.97. The number of hydrogen-bond acceptors (Lipinski definition) is 5. The fraction of sp³-hybridized carbons (Fsp3) is 0.750. The van der Waals surface area contributed by atoms with Crippen molar-refractivity contribution < 1.29 is 9.59 Å². The molecule has 0 aliphatic carbocycles. The summed E-state index contributed by atoms with van der Waals surface area (Å²) in [5.74, 6) is -0.215. The monoisotopic (exact) mass is 265 g/mol. The van der Waals surface area contributed by atoms with Crippen LogP contribution in [0.4, 0.5) is 0 Å². The summed E-state index contributed by atoms with van der Waals surface area (Å²) in [7, 11) is 0. The summed E-state index contributed by atoms with van der Waals surface area (Å²) in [6.07, 6.45) is 2.28. The molecule has 1 amide bonds. The molecule has 0 bridgehead atoms. The highest BCUT2D eigenvalue weighted by Gasteiger charge is 2.40. The van der Waals surface area contributed by atoms with Gasteiger partial charge in [-0.3, -0.25) is 9.59 Å². The minimum absolute atomic E-state index is 0.209. The number of ketones is 1. The predicted molar refractivity (Wildman–Crippen MR) is 66.9 cm³/mol. The third-order valence-electron chi connectivity index (χ3n) is 3.88. The molecule has 0 aromatic carbocycles. The Morgan fingerprint density at radius 3 is 2.79 bits per heavy atom. The van der Waals surface area contributed by atoms with Crippen LogP contribution in [0.1, 0.15) is 51.9 Å². The van der Waals surface area contributed by atoms with E-state index in [1.165, 1.54) is 0 Å². The molecular formula is C12H19N5O2. The Balaban J connectivity index is 2.17. The molecule has 19 heavy (non-hydrogen) atoms. The Morgan fingerprint density at radius 1 is 1.47 bits per heavy atom. The predicted octanol–water partition coefficient (Wildman–Crippen LogP) is 0.868.